The highest BCUT2D eigenvalue weighted by Gasteiger charge is 2.28. The lowest BCUT2D eigenvalue weighted by Gasteiger charge is -2.25. The van der Waals surface area contributed by atoms with E-state index in [9.17, 15) is 5.11 Å². The number of likely N-dealkylation sites (N-methyl/N-ethyl adjacent to an activating group) is 1. The zero-order valence-corrected chi connectivity index (χ0v) is 13.5. The van der Waals surface area contributed by atoms with Crippen molar-refractivity contribution in [2.24, 2.45) is 0 Å². The Kier molecular flexibility index (Phi) is 8.64. The first-order valence-corrected chi connectivity index (χ1v) is 7.80. The van der Waals surface area contributed by atoms with Gasteiger partial charge in [-0.2, -0.15) is 0 Å². The molecular weight excluding hydrogens is 256 g/mol. The summed E-state index contributed by atoms with van der Waals surface area (Å²) in [6.45, 7) is 9.18. The number of nitrogens with zero attached hydrogens (tertiary/aromatic N) is 1. The van der Waals surface area contributed by atoms with Gasteiger partial charge < -0.3 is 19.9 Å². The Hall–Kier alpha value is -0.200. The van der Waals surface area contributed by atoms with Crippen molar-refractivity contribution in [3.8, 4) is 0 Å². The van der Waals surface area contributed by atoms with Crippen molar-refractivity contribution >= 4 is 0 Å². The number of hydrogen-bond acceptors (Lipinski definition) is 5. The van der Waals surface area contributed by atoms with Gasteiger partial charge in [0.05, 0.1) is 32.0 Å². The Bertz CT molecular complexity index is 247. The highest BCUT2D eigenvalue weighted by Crippen LogP contribution is 2.26. The predicted molar refractivity (Wildman–Crippen MR) is 81.0 cm³/mol. The predicted octanol–water partition coefficient (Wildman–Crippen LogP) is 0.861. The van der Waals surface area contributed by atoms with E-state index in [-0.39, 0.29) is 6.10 Å². The van der Waals surface area contributed by atoms with Crippen molar-refractivity contribution in [2.45, 2.75) is 57.9 Å². The van der Waals surface area contributed by atoms with E-state index < -0.39 is 6.10 Å². The van der Waals surface area contributed by atoms with Crippen LogP contribution in [0.25, 0.3) is 0 Å². The Morgan fingerprint density at radius 3 is 2.50 bits per heavy atom. The van der Waals surface area contributed by atoms with Crippen molar-refractivity contribution in [2.75, 3.05) is 40.0 Å². The first-order chi connectivity index (χ1) is 9.50. The largest absolute Gasteiger partial charge is 0.389 e. The quantitative estimate of drug-likeness (QED) is 0.522. The van der Waals surface area contributed by atoms with E-state index in [1.165, 1.54) is 12.8 Å². The molecule has 0 radical (unpaired) electrons. The molecule has 1 rings (SSSR count). The van der Waals surface area contributed by atoms with E-state index in [2.05, 4.69) is 24.2 Å². The fraction of sp³-hybridized carbons (Fsp3) is 1.00. The fourth-order valence-corrected chi connectivity index (χ4v) is 2.07. The van der Waals surface area contributed by atoms with Crippen LogP contribution in [0.5, 0.6) is 0 Å². The molecule has 5 nitrogen and oxygen atoms in total. The SMILES string of the molecule is CC(C)OCCOCC(O)CNCC(C)N(C)C1CC1. The van der Waals surface area contributed by atoms with E-state index in [0.717, 1.165) is 12.6 Å². The van der Waals surface area contributed by atoms with Gasteiger partial charge >= 0.3 is 0 Å². The third-order valence-corrected chi connectivity index (χ3v) is 3.63. The van der Waals surface area contributed by atoms with E-state index in [0.29, 0.717) is 32.4 Å². The monoisotopic (exact) mass is 288 g/mol. The normalized spacial score (nSPS) is 18.8. The number of ether oxygens (including phenoxy) is 2. The Morgan fingerprint density at radius 2 is 1.90 bits per heavy atom. The third kappa shape index (κ3) is 8.17. The third-order valence-electron chi connectivity index (χ3n) is 3.63. The van der Waals surface area contributed by atoms with E-state index in [1.54, 1.807) is 0 Å². The molecule has 2 unspecified atom stereocenters. The zero-order valence-electron chi connectivity index (χ0n) is 13.5. The van der Waals surface area contributed by atoms with Crippen molar-refractivity contribution in [3.63, 3.8) is 0 Å². The Labute approximate surface area is 123 Å². The summed E-state index contributed by atoms with van der Waals surface area (Å²) in [6.07, 6.45) is 2.44. The van der Waals surface area contributed by atoms with Crippen LogP contribution in [-0.2, 0) is 9.47 Å². The van der Waals surface area contributed by atoms with E-state index in [4.69, 9.17) is 9.47 Å². The molecule has 0 aromatic heterocycles. The molecule has 0 amide bonds. The van der Waals surface area contributed by atoms with Gasteiger partial charge in [0, 0.05) is 25.2 Å². The summed E-state index contributed by atoms with van der Waals surface area (Å²) in [6, 6.07) is 1.29. The highest BCUT2D eigenvalue weighted by atomic mass is 16.5. The van der Waals surface area contributed by atoms with Crippen LogP contribution in [0.15, 0.2) is 0 Å². The molecule has 0 aromatic carbocycles. The lowest BCUT2D eigenvalue weighted by molar-refractivity contribution is -0.0102. The second-order valence-corrected chi connectivity index (χ2v) is 6.05. The Morgan fingerprint density at radius 1 is 1.20 bits per heavy atom. The molecule has 20 heavy (non-hydrogen) atoms. The molecule has 0 spiro atoms. The van der Waals surface area contributed by atoms with Gasteiger partial charge in [0.1, 0.15) is 0 Å². The average Bonchev–Trinajstić information content (AvgIpc) is 3.21. The summed E-state index contributed by atoms with van der Waals surface area (Å²) in [5, 5.41) is 13.1. The van der Waals surface area contributed by atoms with Gasteiger partial charge in [-0.15, -0.1) is 0 Å². The highest BCUT2D eigenvalue weighted by molar-refractivity contribution is 4.85. The molecule has 1 aliphatic rings. The molecule has 2 atom stereocenters. The lowest BCUT2D eigenvalue weighted by atomic mass is 10.2. The summed E-state index contributed by atoms with van der Waals surface area (Å²) in [5.74, 6) is 0. The number of aliphatic hydroxyl groups is 1. The van der Waals surface area contributed by atoms with Crippen LogP contribution in [0.2, 0.25) is 0 Å². The zero-order chi connectivity index (χ0) is 15.0. The lowest BCUT2D eigenvalue weighted by Crippen LogP contribution is -2.42. The molecule has 0 saturated heterocycles. The van der Waals surface area contributed by atoms with Gasteiger partial charge in [-0.1, -0.05) is 0 Å². The van der Waals surface area contributed by atoms with Crippen LogP contribution in [0.4, 0.5) is 0 Å². The second-order valence-electron chi connectivity index (χ2n) is 6.05. The minimum atomic E-state index is -0.451. The molecule has 1 aliphatic carbocycles. The molecular formula is C15H32N2O3. The summed E-state index contributed by atoms with van der Waals surface area (Å²) in [7, 11) is 2.18. The maximum Gasteiger partial charge on any atom is 0.0897 e. The van der Waals surface area contributed by atoms with Crippen molar-refractivity contribution < 1.29 is 14.6 Å². The molecule has 0 aliphatic heterocycles. The van der Waals surface area contributed by atoms with Gasteiger partial charge in [0.2, 0.25) is 0 Å². The number of rotatable bonds is 12. The van der Waals surface area contributed by atoms with Gasteiger partial charge in [-0.05, 0) is 40.7 Å². The van der Waals surface area contributed by atoms with Crippen LogP contribution < -0.4 is 5.32 Å². The summed E-state index contributed by atoms with van der Waals surface area (Å²) in [5.41, 5.74) is 0. The number of aliphatic hydroxyl groups excluding tert-OH is 1. The molecule has 1 saturated carbocycles. The number of hydrogen-bond donors (Lipinski definition) is 2. The minimum Gasteiger partial charge on any atom is -0.389 e. The first kappa shape index (κ1) is 17.9. The summed E-state index contributed by atoms with van der Waals surface area (Å²) < 4.78 is 10.7. The molecule has 0 aromatic rings. The minimum absolute atomic E-state index is 0.232. The van der Waals surface area contributed by atoms with Crippen molar-refractivity contribution in [3.05, 3.63) is 0 Å². The van der Waals surface area contributed by atoms with Crippen LogP contribution in [0.1, 0.15) is 33.6 Å². The first-order valence-electron chi connectivity index (χ1n) is 7.80. The summed E-state index contributed by atoms with van der Waals surface area (Å²) in [4.78, 5) is 2.42. The van der Waals surface area contributed by atoms with Crippen LogP contribution in [0, 0.1) is 0 Å². The smallest absolute Gasteiger partial charge is 0.0897 e. The summed E-state index contributed by atoms with van der Waals surface area (Å²) >= 11 is 0. The molecule has 0 bridgehead atoms. The molecule has 2 N–H and O–H groups in total. The molecule has 5 heteroatoms. The topological polar surface area (TPSA) is 54.0 Å². The molecule has 1 fully saturated rings. The number of nitrogens with one attached hydrogen (secondary N) is 1. The second kappa shape index (κ2) is 9.68. The van der Waals surface area contributed by atoms with Crippen LogP contribution >= 0.6 is 0 Å². The van der Waals surface area contributed by atoms with Crippen molar-refractivity contribution in [1.82, 2.24) is 10.2 Å². The maximum absolute atomic E-state index is 9.79. The van der Waals surface area contributed by atoms with Crippen LogP contribution in [0.3, 0.4) is 0 Å². The standard InChI is InChI=1S/C15H32N2O3/c1-12(2)20-8-7-19-11-15(18)10-16-9-13(3)17(4)14-5-6-14/h12-16,18H,5-11H2,1-4H3. The van der Waals surface area contributed by atoms with Gasteiger partial charge in [0.25, 0.3) is 0 Å². The van der Waals surface area contributed by atoms with Gasteiger partial charge in [-0.25, -0.2) is 0 Å². The molecule has 0 heterocycles. The van der Waals surface area contributed by atoms with Gasteiger partial charge in [0.15, 0.2) is 0 Å². The van der Waals surface area contributed by atoms with E-state index >= 15 is 0 Å². The molecule has 120 valence electrons. The maximum atomic E-state index is 9.79. The van der Waals surface area contributed by atoms with Crippen molar-refractivity contribution in [1.29, 1.82) is 0 Å². The fourth-order valence-electron chi connectivity index (χ4n) is 2.07. The van der Waals surface area contributed by atoms with Crippen LogP contribution in [-0.4, -0.2) is 74.3 Å². The Balaban J connectivity index is 1.92. The average molecular weight is 288 g/mol. The van der Waals surface area contributed by atoms with Gasteiger partial charge in [-0.3, -0.25) is 4.90 Å². The van der Waals surface area contributed by atoms with E-state index in [1.807, 2.05) is 13.8 Å².